The highest BCUT2D eigenvalue weighted by atomic mass is 16.5. The second kappa shape index (κ2) is 8.52. The number of hydrogen-bond donors (Lipinski definition) is 2. The molecule has 0 radical (unpaired) electrons. The van der Waals surface area contributed by atoms with Crippen LogP contribution >= 0.6 is 0 Å². The smallest absolute Gasteiger partial charge is 0.161 e. The van der Waals surface area contributed by atoms with Crippen LogP contribution in [0.2, 0.25) is 0 Å². The first-order chi connectivity index (χ1) is 11.0. The second-order valence-electron chi connectivity index (χ2n) is 6.55. The van der Waals surface area contributed by atoms with Crippen LogP contribution in [0.25, 0.3) is 0 Å². The van der Waals surface area contributed by atoms with Crippen molar-refractivity contribution in [2.75, 3.05) is 33.9 Å². The molecule has 0 saturated carbocycles. The number of hydrogen-bond acceptors (Lipinski definition) is 5. The molecule has 0 bridgehead atoms. The third kappa shape index (κ3) is 4.83. The van der Waals surface area contributed by atoms with E-state index in [9.17, 15) is 0 Å². The summed E-state index contributed by atoms with van der Waals surface area (Å²) in [4.78, 5) is 2.43. The third-order valence-corrected chi connectivity index (χ3v) is 4.76. The van der Waals surface area contributed by atoms with Crippen molar-refractivity contribution in [3.05, 3.63) is 23.8 Å². The number of ether oxygens (including phenoxy) is 2. The van der Waals surface area contributed by atoms with Crippen molar-refractivity contribution < 1.29 is 14.6 Å². The molecule has 130 valence electrons. The molecule has 3 unspecified atom stereocenters. The summed E-state index contributed by atoms with van der Waals surface area (Å²) in [6.07, 6.45) is 1.17. The van der Waals surface area contributed by atoms with Crippen LogP contribution in [0.1, 0.15) is 25.8 Å². The standard InChI is InChI=1S/C18H30N2O3/c1-13-12-20(3)14(2)9-16(13)19-11-15-5-6-17(23-8-7-21)18(10-15)22-4/h5-6,10,13-14,16,19,21H,7-9,11-12H2,1-4H3. The Hall–Kier alpha value is -1.30. The van der Waals surface area contributed by atoms with E-state index in [4.69, 9.17) is 14.6 Å². The van der Waals surface area contributed by atoms with Crippen molar-refractivity contribution in [2.24, 2.45) is 5.92 Å². The van der Waals surface area contributed by atoms with E-state index >= 15 is 0 Å². The summed E-state index contributed by atoms with van der Waals surface area (Å²) in [5.41, 5.74) is 1.18. The Labute approximate surface area is 139 Å². The molecular weight excluding hydrogens is 292 g/mol. The second-order valence-corrected chi connectivity index (χ2v) is 6.55. The zero-order valence-corrected chi connectivity index (χ0v) is 14.7. The van der Waals surface area contributed by atoms with Gasteiger partial charge in [-0.25, -0.2) is 0 Å². The highest BCUT2D eigenvalue weighted by molar-refractivity contribution is 5.43. The number of aliphatic hydroxyl groups excluding tert-OH is 1. The van der Waals surface area contributed by atoms with Crippen LogP contribution in [-0.4, -0.2) is 56.0 Å². The summed E-state index contributed by atoms with van der Waals surface area (Å²) in [7, 11) is 3.84. The summed E-state index contributed by atoms with van der Waals surface area (Å²) in [5, 5.41) is 12.5. The van der Waals surface area contributed by atoms with Crippen molar-refractivity contribution >= 4 is 0 Å². The van der Waals surface area contributed by atoms with Gasteiger partial charge >= 0.3 is 0 Å². The molecule has 0 amide bonds. The number of nitrogens with zero attached hydrogens (tertiary/aromatic N) is 1. The molecule has 0 aliphatic carbocycles. The SMILES string of the molecule is COc1cc(CNC2CC(C)N(C)CC2C)ccc1OCCO. The van der Waals surface area contributed by atoms with E-state index in [0.717, 1.165) is 13.1 Å². The predicted octanol–water partition coefficient (Wildman–Crippen LogP) is 1.88. The van der Waals surface area contributed by atoms with Gasteiger partial charge in [-0.3, -0.25) is 0 Å². The summed E-state index contributed by atoms with van der Waals surface area (Å²) in [6.45, 7) is 6.83. The molecular formula is C18H30N2O3. The Kier molecular flexibility index (Phi) is 6.69. The monoisotopic (exact) mass is 322 g/mol. The molecule has 1 aliphatic rings. The first kappa shape index (κ1) is 18.0. The molecule has 5 heteroatoms. The van der Waals surface area contributed by atoms with Crippen molar-refractivity contribution in [1.82, 2.24) is 10.2 Å². The number of rotatable bonds is 7. The zero-order valence-electron chi connectivity index (χ0n) is 14.7. The molecule has 0 spiro atoms. The fourth-order valence-electron chi connectivity index (χ4n) is 3.17. The van der Waals surface area contributed by atoms with Crippen LogP contribution in [0.4, 0.5) is 0 Å². The Morgan fingerprint density at radius 1 is 1.30 bits per heavy atom. The molecule has 1 heterocycles. The van der Waals surface area contributed by atoms with Crippen LogP contribution in [-0.2, 0) is 6.54 Å². The molecule has 1 saturated heterocycles. The van der Waals surface area contributed by atoms with Gasteiger partial charge in [0.05, 0.1) is 13.7 Å². The lowest BCUT2D eigenvalue weighted by atomic mass is 9.89. The summed E-state index contributed by atoms with van der Waals surface area (Å²) in [5.74, 6) is 2.03. The molecule has 1 aromatic carbocycles. The van der Waals surface area contributed by atoms with Gasteiger partial charge in [0.1, 0.15) is 6.61 Å². The summed E-state index contributed by atoms with van der Waals surface area (Å²) >= 11 is 0. The van der Waals surface area contributed by atoms with Crippen LogP contribution < -0.4 is 14.8 Å². The summed E-state index contributed by atoms with van der Waals surface area (Å²) in [6, 6.07) is 7.12. The molecule has 0 aromatic heterocycles. The average molecular weight is 322 g/mol. The number of likely N-dealkylation sites (tertiary alicyclic amines) is 1. The predicted molar refractivity (Wildman–Crippen MR) is 92.1 cm³/mol. The van der Waals surface area contributed by atoms with Gasteiger partial charge in [-0.2, -0.15) is 0 Å². The number of benzene rings is 1. The Morgan fingerprint density at radius 2 is 2.09 bits per heavy atom. The van der Waals surface area contributed by atoms with Crippen molar-refractivity contribution in [2.45, 2.75) is 38.9 Å². The third-order valence-electron chi connectivity index (χ3n) is 4.76. The van der Waals surface area contributed by atoms with Crippen LogP contribution in [0.15, 0.2) is 18.2 Å². The van der Waals surface area contributed by atoms with Crippen molar-refractivity contribution in [1.29, 1.82) is 0 Å². The Balaban J connectivity index is 1.95. The maximum absolute atomic E-state index is 8.86. The molecule has 1 aromatic rings. The Bertz CT molecular complexity index is 495. The van der Waals surface area contributed by atoms with Crippen molar-refractivity contribution in [3.8, 4) is 11.5 Å². The van der Waals surface area contributed by atoms with E-state index in [-0.39, 0.29) is 13.2 Å². The topological polar surface area (TPSA) is 54.0 Å². The van der Waals surface area contributed by atoms with Gasteiger partial charge in [0.15, 0.2) is 11.5 Å². The normalized spacial score (nSPS) is 25.3. The highest BCUT2D eigenvalue weighted by Crippen LogP contribution is 2.28. The first-order valence-corrected chi connectivity index (χ1v) is 8.39. The average Bonchev–Trinajstić information content (AvgIpc) is 2.55. The molecule has 3 atom stereocenters. The van der Waals surface area contributed by atoms with Crippen LogP contribution in [0, 0.1) is 5.92 Å². The largest absolute Gasteiger partial charge is 0.493 e. The Morgan fingerprint density at radius 3 is 2.78 bits per heavy atom. The summed E-state index contributed by atoms with van der Waals surface area (Å²) < 4.78 is 10.9. The lowest BCUT2D eigenvalue weighted by molar-refractivity contribution is 0.121. The quantitative estimate of drug-likeness (QED) is 0.803. The minimum Gasteiger partial charge on any atom is -0.493 e. The van der Waals surface area contributed by atoms with E-state index < -0.39 is 0 Å². The van der Waals surface area contributed by atoms with Gasteiger partial charge in [0, 0.05) is 25.2 Å². The molecule has 2 rings (SSSR count). The number of methoxy groups -OCH3 is 1. The number of aliphatic hydroxyl groups is 1. The van der Waals surface area contributed by atoms with Gasteiger partial charge in [0.2, 0.25) is 0 Å². The lowest BCUT2D eigenvalue weighted by Crippen LogP contribution is -2.50. The molecule has 5 nitrogen and oxygen atoms in total. The number of piperidine rings is 1. The minimum atomic E-state index is -0.00133. The molecule has 23 heavy (non-hydrogen) atoms. The van der Waals surface area contributed by atoms with Crippen molar-refractivity contribution in [3.63, 3.8) is 0 Å². The van der Waals surface area contributed by atoms with Crippen LogP contribution in [0.5, 0.6) is 11.5 Å². The molecule has 2 N–H and O–H groups in total. The van der Waals surface area contributed by atoms with E-state index in [1.54, 1.807) is 7.11 Å². The molecule has 1 aliphatic heterocycles. The number of nitrogens with one attached hydrogen (secondary N) is 1. The van der Waals surface area contributed by atoms with E-state index in [1.165, 1.54) is 12.0 Å². The van der Waals surface area contributed by atoms with Gasteiger partial charge in [-0.05, 0) is 44.0 Å². The lowest BCUT2D eigenvalue weighted by Gasteiger charge is -2.40. The van der Waals surface area contributed by atoms with E-state index in [2.05, 4.69) is 31.1 Å². The van der Waals surface area contributed by atoms with Crippen LogP contribution in [0.3, 0.4) is 0 Å². The van der Waals surface area contributed by atoms with Gasteiger partial charge in [-0.1, -0.05) is 13.0 Å². The minimum absolute atomic E-state index is 0.00133. The van der Waals surface area contributed by atoms with E-state index in [0.29, 0.717) is 29.5 Å². The maximum atomic E-state index is 8.86. The zero-order chi connectivity index (χ0) is 16.8. The van der Waals surface area contributed by atoms with E-state index in [1.807, 2.05) is 18.2 Å². The van der Waals surface area contributed by atoms with Gasteiger partial charge in [0.25, 0.3) is 0 Å². The fraction of sp³-hybridized carbons (Fsp3) is 0.667. The highest BCUT2D eigenvalue weighted by Gasteiger charge is 2.28. The fourth-order valence-corrected chi connectivity index (χ4v) is 3.17. The van der Waals surface area contributed by atoms with Gasteiger partial charge in [-0.15, -0.1) is 0 Å². The van der Waals surface area contributed by atoms with Gasteiger partial charge < -0.3 is 24.8 Å². The molecule has 1 fully saturated rings. The first-order valence-electron chi connectivity index (χ1n) is 8.39. The maximum Gasteiger partial charge on any atom is 0.161 e.